The molecule has 1 amide bonds. The molecule has 1 aromatic rings. The van der Waals surface area contributed by atoms with Gasteiger partial charge in [0.05, 0.1) is 12.1 Å². The first kappa shape index (κ1) is 18.1. The second-order valence-electron chi connectivity index (χ2n) is 5.80. The number of methoxy groups -OCH3 is 1. The molecule has 0 bridgehead atoms. The first-order valence-electron chi connectivity index (χ1n) is 7.45. The number of ether oxygens (including phenoxy) is 1. The van der Waals surface area contributed by atoms with Gasteiger partial charge in [0.15, 0.2) is 0 Å². The van der Waals surface area contributed by atoms with Gasteiger partial charge < -0.3 is 9.64 Å². The van der Waals surface area contributed by atoms with Gasteiger partial charge in [0, 0.05) is 24.1 Å². The summed E-state index contributed by atoms with van der Waals surface area (Å²) in [5, 5.41) is 0.610. The Bertz CT molecular complexity index is 622. The molecule has 0 radical (unpaired) electrons. The molecule has 0 spiro atoms. The molecule has 2 rings (SSSR count). The van der Waals surface area contributed by atoms with Crippen LogP contribution in [-0.4, -0.2) is 31.6 Å². The van der Waals surface area contributed by atoms with Crippen LogP contribution in [0.1, 0.15) is 26.3 Å². The van der Waals surface area contributed by atoms with Crippen LogP contribution in [0.3, 0.4) is 0 Å². The van der Waals surface area contributed by atoms with E-state index in [0.717, 1.165) is 22.6 Å². The predicted octanol–water partition coefficient (Wildman–Crippen LogP) is 3.04. The summed E-state index contributed by atoms with van der Waals surface area (Å²) in [6, 6.07) is 3.36. The molecule has 1 aliphatic rings. The number of amides is 1. The number of esters is 1. The highest BCUT2D eigenvalue weighted by Crippen LogP contribution is 2.37. The maximum Gasteiger partial charge on any atom is 0.323 e. The van der Waals surface area contributed by atoms with Crippen molar-refractivity contribution in [1.29, 1.82) is 0 Å². The van der Waals surface area contributed by atoms with Gasteiger partial charge in [0.2, 0.25) is 5.91 Å². The van der Waals surface area contributed by atoms with Crippen LogP contribution < -0.4 is 9.62 Å². The Hall–Kier alpha value is -1.24. The van der Waals surface area contributed by atoms with E-state index in [2.05, 4.69) is 4.72 Å². The number of carbonyl (C=O) groups excluding carboxylic acids is 2. The maximum absolute atomic E-state index is 11.8. The van der Waals surface area contributed by atoms with Crippen LogP contribution in [0.15, 0.2) is 17.0 Å². The molecule has 1 heterocycles. The standard InChI is InChI=1S/C16H21ClN2O3S/c1-9(2)15(16(21)22-4)18-23-14-8-13-11(7-12(14)17)5-6-19(13)10(3)20/h7-9,15,18H,5-6H2,1-4H3. The fraction of sp³-hybridized carbons (Fsp3) is 0.500. The summed E-state index contributed by atoms with van der Waals surface area (Å²) in [6.45, 7) is 6.12. The van der Waals surface area contributed by atoms with Crippen molar-refractivity contribution >= 4 is 41.1 Å². The third kappa shape index (κ3) is 4.00. The summed E-state index contributed by atoms with van der Waals surface area (Å²) < 4.78 is 7.93. The number of nitrogens with zero attached hydrogens (tertiary/aromatic N) is 1. The van der Waals surface area contributed by atoms with Crippen LogP contribution in [0.4, 0.5) is 5.69 Å². The Morgan fingerprint density at radius 3 is 2.65 bits per heavy atom. The molecule has 23 heavy (non-hydrogen) atoms. The summed E-state index contributed by atoms with van der Waals surface area (Å²) in [4.78, 5) is 26.0. The third-order valence-corrected chi connectivity index (χ3v) is 5.18. The lowest BCUT2D eigenvalue weighted by molar-refractivity contribution is -0.143. The summed E-state index contributed by atoms with van der Waals surface area (Å²) >= 11 is 7.62. The molecule has 7 heteroatoms. The largest absolute Gasteiger partial charge is 0.468 e. The lowest BCUT2D eigenvalue weighted by Gasteiger charge is -2.20. The topological polar surface area (TPSA) is 58.6 Å². The van der Waals surface area contributed by atoms with Gasteiger partial charge in [-0.3, -0.25) is 9.59 Å². The maximum atomic E-state index is 11.8. The molecule has 0 aromatic heterocycles. The molecular formula is C16H21ClN2O3S. The Balaban J connectivity index is 2.19. The molecule has 0 fully saturated rings. The van der Waals surface area contributed by atoms with Gasteiger partial charge in [-0.2, -0.15) is 0 Å². The van der Waals surface area contributed by atoms with Crippen molar-refractivity contribution in [3.63, 3.8) is 0 Å². The van der Waals surface area contributed by atoms with Crippen molar-refractivity contribution in [1.82, 2.24) is 4.72 Å². The van der Waals surface area contributed by atoms with Crippen molar-refractivity contribution < 1.29 is 14.3 Å². The van der Waals surface area contributed by atoms with Gasteiger partial charge in [-0.1, -0.05) is 25.4 Å². The molecule has 1 atom stereocenters. The van der Waals surface area contributed by atoms with E-state index < -0.39 is 6.04 Å². The molecule has 0 aliphatic carbocycles. The number of rotatable bonds is 5. The van der Waals surface area contributed by atoms with E-state index in [1.165, 1.54) is 19.1 Å². The van der Waals surface area contributed by atoms with E-state index in [4.69, 9.17) is 16.3 Å². The zero-order valence-corrected chi connectivity index (χ0v) is 15.3. The zero-order chi connectivity index (χ0) is 17.1. The first-order chi connectivity index (χ1) is 10.8. The summed E-state index contributed by atoms with van der Waals surface area (Å²) in [5.41, 5.74) is 1.97. The molecule has 1 aliphatic heterocycles. The average molecular weight is 357 g/mol. The van der Waals surface area contributed by atoms with Crippen molar-refractivity contribution in [2.45, 2.75) is 38.1 Å². The van der Waals surface area contributed by atoms with Crippen LogP contribution >= 0.6 is 23.5 Å². The number of nitrogens with one attached hydrogen (secondary N) is 1. The average Bonchev–Trinajstić information content (AvgIpc) is 2.89. The molecule has 0 saturated heterocycles. The van der Waals surface area contributed by atoms with Crippen LogP contribution in [0.5, 0.6) is 0 Å². The molecule has 5 nitrogen and oxygen atoms in total. The fourth-order valence-corrected chi connectivity index (χ4v) is 3.75. The van der Waals surface area contributed by atoms with E-state index in [0.29, 0.717) is 11.6 Å². The van der Waals surface area contributed by atoms with E-state index in [1.807, 2.05) is 26.0 Å². The summed E-state index contributed by atoms with van der Waals surface area (Å²) in [7, 11) is 1.37. The highest BCUT2D eigenvalue weighted by Gasteiger charge is 2.26. The Kier molecular flexibility index (Phi) is 5.95. The van der Waals surface area contributed by atoms with Crippen molar-refractivity contribution in [2.75, 3.05) is 18.6 Å². The number of fused-ring (bicyclic) bond motifs is 1. The van der Waals surface area contributed by atoms with Crippen molar-refractivity contribution in [3.8, 4) is 0 Å². The van der Waals surface area contributed by atoms with Crippen LogP contribution in [-0.2, 0) is 20.7 Å². The summed E-state index contributed by atoms with van der Waals surface area (Å²) in [6.07, 6.45) is 0.809. The minimum absolute atomic E-state index is 0.0181. The van der Waals surface area contributed by atoms with Gasteiger partial charge in [-0.25, -0.2) is 4.72 Å². The van der Waals surface area contributed by atoms with Crippen LogP contribution in [0, 0.1) is 5.92 Å². The molecule has 126 valence electrons. The molecule has 1 aromatic carbocycles. The number of anilines is 1. The Labute approximate surface area is 145 Å². The van der Waals surface area contributed by atoms with Gasteiger partial charge >= 0.3 is 5.97 Å². The smallest absolute Gasteiger partial charge is 0.323 e. The van der Waals surface area contributed by atoms with Gasteiger partial charge in [0.1, 0.15) is 6.04 Å². The van der Waals surface area contributed by atoms with Crippen LogP contribution in [0.25, 0.3) is 0 Å². The van der Waals surface area contributed by atoms with Gasteiger partial charge in [-0.15, -0.1) is 0 Å². The monoisotopic (exact) mass is 356 g/mol. The second-order valence-corrected chi connectivity index (χ2v) is 7.08. The number of hydrogen-bond donors (Lipinski definition) is 1. The zero-order valence-electron chi connectivity index (χ0n) is 13.7. The number of carbonyl (C=O) groups is 2. The van der Waals surface area contributed by atoms with E-state index in [9.17, 15) is 9.59 Å². The second kappa shape index (κ2) is 7.55. The molecule has 0 saturated carbocycles. The number of benzene rings is 1. The van der Waals surface area contributed by atoms with E-state index in [1.54, 1.807) is 11.8 Å². The predicted molar refractivity (Wildman–Crippen MR) is 92.8 cm³/mol. The SMILES string of the molecule is COC(=O)C(NSc1cc2c(cc1Cl)CCN2C(C)=O)C(C)C. The van der Waals surface area contributed by atoms with E-state index in [-0.39, 0.29) is 17.8 Å². The van der Waals surface area contributed by atoms with Gasteiger partial charge in [-0.05, 0) is 42.0 Å². The lowest BCUT2D eigenvalue weighted by Crippen LogP contribution is -2.38. The Morgan fingerprint density at radius 2 is 2.09 bits per heavy atom. The normalized spacial score (nSPS) is 14.8. The first-order valence-corrected chi connectivity index (χ1v) is 8.65. The van der Waals surface area contributed by atoms with E-state index >= 15 is 0 Å². The quantitative estimate of drug-likeness (QED) is 0.649. The van der Waals surface area contributed by atoms with Crippen LogP contribution in [0.2, 0.25) is 5.02 Å². The fourth-order valence-electron chi connectivity index (χ4n) is 2.50. The minimum Gasteiger partial charge on any atom is -0.468 e. The molecule has 1 unspecified atom stereocenters. The molecular weight excluding hydrogens is 336 g/mol. The minimum atomic E-state index is -0.432. The lowest BCUT2D eigenvalue weighted by atomic mass is 10.1. The third-order valence-electron chi connectivity index (χ3n) is 3.83. The van der Waals surface area contributed by atoms with Crippen molar-refractivity contribution in [2.24, 2.45) is 5.92 Å². The molecule has 1 N–H and O–H groups in total. The number of halogens is 1. The highest BCUT2D eigenvalue weighted by atomic mass is 35.5. The number of hydrogen-bond acceptors (Lipinski definition) is 5. The van der Waals surface area contributed by atoms with Gasteiger partial charge in [0.25, 0.3) is 0 Å². The van der Waals surface area contributed by atoms with Crippen molar-refractivity contribution in [3.05, 3.63) is 22.7 Å². The Morgan fingerprint density at radius 1 is 1.39 bits per heavy atom. The highest BCUT2D eigenvalue weighted by molar-refractivity contribution is 7.97. The summed E-state index contributed by atoms with van der Waals surface area (Å²) in [5.74, 6) is -0.211.